The molecule has 0 radical (unpaired) electrons. The number of aliphatic hydroxyl groups is 1. The first-order valence-electron chi connectivity index (χ1n) is 6.40. The van der Waals surface area contributed by atoms with Gasteiger partial charge in [0.2, 0.25) is 0 Å². The van der Waals surface area contributed by atoms with Crippen LogP contribution in [0.4, 0.5) is 0 Å². The van der Waals surface area contributed by atoms with Gasteiger partial charge < -0.3 is 10.0 Å². The summed E-state index contributed by atoms with van der Waals surface area (Å²) in [6.45, 7) is 10.2. The monoisotopic (exact) mass is 215 g/mol. The summed E-state index contributed by atoms with van der Waals surface area (Å²) >= 11 is 0. The molecule has 0 spiro atoms. The van der Waals surface area contributed by atoms with Gasteiger partial charge in [0.25, 0.3) is 0 Å². The Morgan fingerprint density at radius 1 is 1.07 bits per heavy atom. The van der Waals surface area contributed by atoms with Gasteiger partial charge in [0.15, 0.2) is 0 Å². The fourth-order valence-corrected chi connectivity index (χ4v) is 2.32. The molecule has 0 aromatic rings. The number of hydrogen-bond donors (Lipinski definition) is 1. The second-order valence-corrected chi connectivity index (χ2v) is 4.75. The van der Waals surface area contributed by atoms with Crippen LogP contribution in [0.5, 0.6) is 0 Å². The van der Waals surface area contributed by atoms with Crippen LogP contribution in [0.1, 0.15) is 53.4 Å². The van der Waals surface area contributed by atoms with E-state index in [1.54, 1.807) is 0 Å². The van der Waals surface area contributed by atoms with Crippen molar-refractivity contribution in [3.8, 4) is 0 Å². The zero-order valence-corrected chi connectivity index (χ0v) is 11.2. The summed E-state index contributed by atoms with van der Waals surface area (Å²) in [7, 11) is 2.19. The van der Waals surface area contributed by atoms with Crippen LogP contribution in [0.25, 0.3) is 0 Å². The summed E-state index contributed by atoms with van der Waals surface area (Å²) in [6, 6.07) is 0.661. The van der Waals surface area contributed by atoms with Crippen molar-refractivity contribution in [2.24, 2.45) is 5.41 Å². The molecular weight excluding hydrogens is 186 g/mol. The predicted molar refractivity (Wildman–Crippen MR) is 67.1 cm³/mol. The van der Waals surface area contributed by atoms with E-state index in [-0.39, 0.29) is 5.41 Å². The van der Waals surface area contributed by atoms with Gasteiger partial charge in [-0.15, -0.1) is 0 Å². The average Bonchev–Trinajstić information content (AvgIpc) is 2.28. The molecule has 0 aromatic heterocycles. The van der Waals surface area contributed by atoms with Crippen LogP contribution < -0.4 is 0 Å². The van der Waals surface area contributed by atoms with E-state index in [0.717, 1.165) is 19.4 Å². The van der Waals surface area contributed by atoms with Gasteiger partial charge in [-0.25, -0.2) is 0 Å². The summed E-state index contributed by atoms with van der Waals surface area (Å²) in [5.74, 6) is 0. The highest BCUT2D eigenvalue weighted by molar-refractivity contribution is 4.81. The van der Waals surface area contributed by atoms with Crippen molar-refractivity contribution in [2.45, 2.75) is 59.4 Å². The SMILES string of the molecule is CCC(CC)N(C)CC(CC)(CC)CO. The van der Waals surface area contributed by atoms with Gasteiger partial charge >= 0.3 is 0 Å². The van der Waals surface area contributed by atoms with Crippen molar-refractivity contribution in [1.82, 2.24) is 4.90 Å². The molecule has 0 atom stereocenters. The maximum absolute atomic E-state index is 9.53. The molecule has 0 amide bonds. The van der Waals surface area contributed by atoms with Crippen molar-refractivity contribution in [1.29, 1.82) is 0 Å². The van der Waals surface area contributed by atoms with Gasteiger partial charge in [-0.3, -0.25) is 0 Å². The van der Waals surface area contributed by atoms with E-state index >= 15 is 0 Å². The lowest BCUT2D eigenvalue weighted by Gasteiger charge is -2.37. The minimum Gasteiger partial charge on any atom is -0.396 e. The summed E-state index contributed by atoms with van der Waals surface area (Å²) < 4.78 is 0. The van der Waals surface area contributed by atoms with Crippen molar-refractivity contribution in [3.63, 3.8) is 0 Å². The normalized spacial score (nSPS) is 12.8. The van der Waals surface area contributed by atoms with E-state index in [1.165, 1.54) is 12.8 Å². The van der Waals surface area contributed by atoms with Crippen LogP contribution in [0, 0.1) is 5.41 Å². The van der Waals surface area contributed by atoms with Crippen LogP contribution in [-0.4, -0.2) is 36.2 Å². The summed E-state index contributed by atoms with van der Waals surface area (Å²) in [5, 5.41) is 9.53. The van der Waals surface area contributed by atoms with Gasteiger partial charge in [0.05, 0.1) is 0 Å². The van der Waals surface area contributed by atoms with E-state index < -0.39 is 0 Å². The second-order valence-electron chi connectivity index (χ2n) is 4.75. The van der Waals surface area contributed by atoms with Crippen molar-refractivity contribution in [3.05, 3.63) is 0 Å². The summed E-state index contributed by atoms with van der Waals surface area (Å²) in [6.07, 6.45) is 4.51. The molecule has 0 heterocycles. The zero-order valence-electron chi connectivity index (χ0n) is 11.2. The average molecular weight is 215 g/mol. The molecule has 15 heavy (non-hydrogen) atoms. The van der Waals surface area contributed by atoms with E-state index in [2.05, 4.69) is 39.6 Å². The molecule has 2 nitrogen and oxygen atoms in total. The molecule has 2 heteroatoms. The Kier molecular flexibility index (Phi) is 7.20. The van der Waals surface area contributed by atoms with Crippen molar-refractivity contribution >= 4 is 0 Å². The molecule has 0 unspecified atom stereocenters. The lowest BCUT2D eigenvalue weighted by molar-refractivity contribution is 0.0578. The minimum atomic E-state index is 0.108. The largest absolute Gasteiger partial charge is 0.396 e. The number of rotatable bonds is 8. The Bertz CT molecular complexity index is 142. The quantitative estimate of drug-likeness (QED) is 0.673. The van der Waals surface area contributed by atoms with Gasteiger partial charge in [-0.2, -0.15) is 0 Å². The molecule has 0 saturated heterocycles. The number of nitrogens with zero attached hydrogens (tertiary/aromatic N) is 1. The Hall–Kier alpha value is -0.0800. The van der Waals surface area contributed by atoms with Crippen LogP contribution in [0.15, 0.2) is 0 Å². The highest BCUT2D eigenvalue weighted by Crippen LogP contribution is 2.27. The van der Waals surface area contributed by atoms with Crippen molar-refractivity contribution < 1.29 is 5.11 Å². The molecule has 0 aromatic carbocycles. The smallest absolute Gasteiger partial charge is 0.0499 e. The van der Waals surface area contributed by atoms with Crippen LogP contribution in [0.2, 0.25) is 0 Å². The molecular formula is C13H29NO. The van der Waals surface area contributed by atoms with Crippen LogP contribution >= 0.6 is 0 Å². The molecule has 0 saturated carbocycles. The number of hydrogen-bond acceptors (Lipinski definition) is 2. The Morgan fingerprint density at radius 3 is 1.80 bits per heavy atom. The molecule has 0 aliphatic carbocycles. The van der Waals surface area contributed by atoms with Crippen LogP contribution in [0.3, 0.4) is 0 Å². The molecule has 0 aliphatic rings. The predicted octanol–water partition coefficient (Wildman–Crippen LogP) is 2.91. The molecule has 0 rings (SSSR count). The topological polar surface area (TPSA) is 23.5 Å². The molecule has 0 bridgehead atoms. The van der Waals surface area contributed by atoms with Crippen molar-refractivity contribution in [2.75, 3.05) is 20.2 Å². The van der Waals surface area contributed by atoms with Gasteiger partial charge in [0, 0.05) is 24.6 Å². The maximum Gasteiger partial charge on any atom is 0.0499 e. The first-order valence-corrected chi connectivity index (χ1v) is 6.40. The maximum atomic E-state index is 9.53. The van der Waals surface area contributed by atoms with Gasteiger partial charge in [0.1, 0.15) is 0 Å². The first-order chi connectivity index (χ1) is 7.09. The van der Waals surface area contributed by atoms with E-state index in [9.17, 15) is 5.11 Å². The third-order valence-corrected chi connectivity index (χ3v) is 3.99. The Balaban J connectivity index is 4.39. The third kappa shape index (κ3) is 4.12. The fourth-order valence-electron chi connectivity index (χ4n) is 2.32. The highest BCUT2D eigenvalue weighted by atomic mass is 16.3. The lowest BCUT2D eigenvalue weighted by Crippen LogP contribution is -2.42. The van der Waals surface area contributed by atoms with E-state index in [0.29, 0.717) is 12.6 Å². The standard InChI is InChI=1S/C13H29NO/c1-6-12(7-2)14(5)10-13(8-3,9-4)11-15/h12,15H,6-11H2,1-5H3. The minimum absolute atomic E-state index is 0.108. The lowest BCUT2D eigenvalue weighted by atomic mass is 9.82. The van der Waals surface area contributed by atoms with Crippen LogP contribution in [-0.2, 0) is 0 Å². The number of aliphatic hydroxyl groups excluding tert-OH is 1. The Labute approximate surface area is 95.7 Å². The zero-order chi connectivity index (χ0) is 11.9. The fraction of sp³-hybridized carbons (Fsp3) is 1.00. The summed E-state index contributed by atoms with van der Waals surface area (Å²) in [4.78, 5) is 2.42. The van der Waals surface area contributed by atoms with E-state index in [1.807, 2.05) is 0 Å². The molecule has 0 aliphatic heterocycles. The highest BCUT2D eigenvalue weighted by Gasteiger charge is 2.28. The molecule has 0 fully saturated rings. The Morgan fingerprint density at radius 2 is 1.53 bits per heavy atom. The van der Waals surface area contributed by atoms with E-state index in [4.69, 9.17) is 0 Å². The van der Waals surface area contributed by atoms with Gasteiger partial charge in [-0.1, -0.05) is 27.7 Å². The third-order valence-electron chi connectivity index (χ3n) is 3.99. The van der Waals surface area contributed by atoms with Gasteiger partial charge in [-0.05, 0) is 32.7 Å². The molecule has 1 N–H and O–H groups in total. The first kappa shape index (κ1) is 14.9. The summed E-state index contributed by atoms with van der Waals surface area (Å²) in [5.41, 5.74) is 0.108. The molecule has 92 valence electrons. The second kappa shape index (κ2) is 7.24.